The van der Waals surface area contributed by atoms with Crippen molar-refractivity contribution in [2.75, 3.05) is 0 Å². The molecule has 0 unspecified atom stereocenters. The predicted octanol–water partition coefficient (Wildman–Crippen LogP) is 3.84. The van der Waals surface area contributed by atoms with Crippen LogP contribution in [0.5, 0.6) is 0 Å². The number of fused-ring (bicyclic) bond motifs is 1. The molecule has 0 saturated carbocycles. The summed E-state index contributed by atoms with van der Waals surface area (Å²) in [6.07, 6.45) is 7.60. The summed E-state index contributed by atoms with van der Waals surface area (Å²) in [5.74, 6) is -0.236. The Hall–Kier alpha value is -1.57. The quantitative estimate of drug-likeness (QED) is 0.773. The molecule has 2 rings (SSSR count). The maximum absolute atomic E-state index is 11.6. The van der Waals surface area contributed by atoms with E-state index in [2.05, 4.69) is 31.2 Å². The van der Waals surface area contributed by atoms with E-state index in [1.54, 1.807) is 0 Å². The van der Waals surface area contributed by atoms with Gasteiger partial charge in [-0.1, -0.05) is 50.5 Å². The number of primary amides is 1. The summed E-state index contributed by atoms with van der Waals surface area (Å²) in [5.41, 5.74) is 10.2. The van der Waals surface area contributed by atoms with E-state index in [4.69, 9.17) is 5.73 Å². The highest BCUT2D eigenvalue weighted by atomic mass is 16.1. The third-order valence-electron chi connectivity index (χ3n) is 3.93. The van der Waals surface area contributed by atoms with Gasteiger partial charge in [-0.3, -0.25) is 4.79 Å². The molecular formula is C17H23NO. The lowest BCUT2D eigenvalue weighted by Gasteiger charge is -2.22. The summed E-state index contributed by atoms with van der Waals surface area (Å²) in [7, 11) is 0. The molecule has 2 heteroatoms. The summed E-state index contributed by atoms with van der Waals surface area (Å²) in [5, 5.41) is 0. The van der Waals surface area contributed by atoms with Crippen LogP contribution in [-0.2, 0) is 11.2 Å². The number of benzene rings is 1. The molecule has 1 aliphatic carbocycles. The molecule has 1 aliphatic rings. The van der Waals surface area contributed by atoms with Crippen molar-refractivity contribution in [2.45, 2.75) is 51.9 Å². The third-order valence-corrected chi connectivity index (χ3v) is 3.93. The van der Waals surface area contributed by atoms with Gasteiger partial charge in [0.25, 0.3) is 0 Å². The standard InChI is InChI=1S/C17H23NO/c1-2-3-4-5-10-15-14-9-7-6-8-13(14)11-12-16(15)17(18)19/h6-9H,2-5,10-12H2,1H3,(H2,18,19). The van der Waals surface area contributed by atoms with Crippen LogP contribution in [0.3, 0.4) is 0 Å². The van der Waals surface area contributed by atoms with Crippen molar-refractivity contribution in [2.24, 2.45) is 5.73 Å². The van der Waals surface area contributed by atoms with E-state index < -0.39 is 0 Å². The molecule has 1 amide bonds. The second-order valence-electron chi connectivity index (χ2n) is 5.29. The van der Waals surface area contributed by atoms with Crippen LogP contribution in [0.2, 0.25) is 0 Å². The lowest BCUT2D eigenvalue weighted by atomic mass is 9.83. The number of nitrogens with two attached hydrogens (primary N) is 1. The number of carbonyl (C=O) groups is 1. The Morgan fingerprint density at radius 1 is 1.16 bits per heavy atom. The Morgan fingerprint density at radius 3 is 2.68 bits per heavy atom. The smallest absolute Gasteiger partial charge is 0.244 e. The lowest BCUT2D eigenvalue weighted by Crippen LogP contribution is -2.19. The average Bonchev–Trinajstić information content (AvgIpc) is 2.43. The van der Waals surface area contributed by atoms with Crippen LogP contribution in [0.4, 0.5) is 0 Å². The Morgan fingerprint density at radius 2 is 1.95 bits per heavy atom. The molecule has 2 nitrogen and oxygen atoms in total. The number of hydrogen-bond donors (Lipinski definition) is 1. The van der Waals surface area contributed by atoms with Gasteiger partial charge in [0.05, 0.1) is 0 Å². The number of aryl methyl sites for hydroxylation is 1. The Labute approximate surface area is 115 Å². The summed E-state index contributed by atoms with van der Waals surface area (Å²) >= 11 is 0. The average molecular weight is 257 g/mol. The van der Waals surface area contributed by atoms with E-state index >= 15 is 0 Å². The Balaban J connectivity index is 2.23. The van der Waals surface area contributed by atoms with Crippen LogP contribution in [-0.4, -0.2) is 5.91 Å². The minimum absolute atomic E-state index is 0.236. The van der Waals surface area contributed by atoms with Crippen LogP contribution < -0.4 is 5.73 Å². The van der Waals surface area contributed by atoms with Gasteiger partial charge in [0.2, 0.25) is 5.91 Å². The molecule has 0 aliphatic heterocycles. The zero-order valence-electron chi connectivity index (χ0n) is 11.7. The van der Waals surface area contributed by atoms with Gasteiger partial charge in [0, 0.05) is 5.57 Å². The number of carbonyl (C=O) groups excluding carboxylic acids is 1. The lowest BCUT2D eigenvalue weighted by molar-refractivity contribution is -0.114. The summed E-state index contributed by atoms with van der Waals surface area (Å²) in [6.45, 7) is 2.21. The second-order valence-corrected chi connectivity index (χ2v) is 5.29. The molecule has 102 valence electrons. The fourth-order valence-electron chi connectivity index (χ4n) is 2.89. The molecule has 0 saturated heterocycles. The first kappa shape index (κ1) is 13.9. The maximum Gasteiger partial charge on any atom is 0.244 e. The van der Waals surface area contributed by atoms with Crippen molar-refractivity contribution < 1.29 is 4.79 Å². The van der Waals surface area contributed by atoms with Crippen molar-refractivity contribution in [3.63, 3.8) is 0 Å². The van der Waals surface area contributed by atoms with E-state index in [9.17, 15) is 4.79 Å². The Bertz CT molecular complexity index is 488. The van der Waals surface area contributed by atoms with E-state index in [1.807, 2.05) is 0 Å². The molecule has 0 spiro atoms. The van der Waals surface area contributed by atoms with E-state index in [0.29, 0.717) is 0 Å². The minimum Gasteiger partial charge on any atom is -0.366 e. The molecule has 1 aromatic rings. The molecule has 0 bridgehead atoms. The molecule has 0 radical (unpaired) electrons. The number of hydrogen-bond acceptors (Lipinski definition) is 1. The zero-order chi connectivity index (χ0) is 13.7. The first-order chi connectivity index (χ1) is 9.24. The fourth-order valence-corrected chi connectivity index (χ4v) is 2.89. The van der Waals surface area contributed by atoms with Gasteiger partial charge < -0.3 is 5.73 Å². The monoisotopic (exact) mass is 257 g/mol. The molecule has 19 heavy (non-hydrogen) atoms. The number of rotatable bonds is 6. The molecule has 0 heterocycles. The van der Waals surface area contributed by atoms with Gasteiger partial charge in [0.1, 0.15) is 0 Å². The van der Waals surface area contributed by atoms with Crippen molar-refractivity contribution in [3.05, 3.63) is 41.0 Å². The third kappa shape index (κ3) is 3.25. The first-order valence-electron chi connectivity index (χ1n) is 7.34. The number of unbranched alkanes of at least 4 members (excludes halogenated alkanes) is 3. The minimum atomic E-state index is -0.236. The van der Waals surface area contributed by atoms with Gasteiger partial charge >= 0.3 is 0 Å². The summed E-state index contributed by atoms with van der Waals surface area (Å²) in [4.78, 5) is 11.6. The molecular weight excluding hydrogens is 234 g/mol. The normalized spacial score (nSPS) is 14.4. The van der Waals surface area contributed by atoms with Crippen LogP contribution in [0.25, 0.3) is 5.57 Å². The fraction of sp³-hybridized carbons (Fsp3) is 0.471. The van der Waals surface area contributed by atoms with Gasteiger partial charge in [-0.2, -0.15) is 0 Å². The SMILES string of the molecule is CCCCCCC1=C(C(N)=O)CCc2ccccc21. The molecule has 1 aromatic carbocycles. The zero-order valence-corrected chi connectivity index (χ0v) is 11.7. The van der Waals surface area contributed by atoms with Gasteiger partial charge in [-0.15, -0.1) is 0 Å². The first-order valence-corrected chi connectivity index (χ1v) is 7.34. The molecule has 0 fully saturated rings. The Kier molecular flexibility index (Phi) is 4.78. The topological polar surface area (TPSA) is 43.1 Å². The largest absolute Gasteiger partial charge is 0.366 e. The van der Waals surface area contributed by atoms with Crippen molar-refractivity contribution in [3.8, 4) is 0 Å². The van der Waals surface area contributed by atoms with Crippen molar-refractivity contribution in [1.82, 2.24) is 0 Å². The van der Waals surface area contributed by atoms with E-state index in [1.165, 1.54) is 36.0 Å². The van der Waals surface area contributed by atoms with Crippen LogP contribution >= 0.6 is 0 Å². The van der Waals surface area contributed by atoms with Crippen molar-refractivity contribution >= 4 is 11.5 Å². The number of allylic oxidation sites excluding steroid dienone is 1. The van der Waals surface area contributed by atoms with Crippen LogP contribution in [0.15, 0.2) is 29.8 Å². The highest BCUT2D eigenvalue weighted by Crippen LogP contribution is 2.34. The second kappa shape index (κ2) is 6.55. The van der Waals surface area contributed by atoms with Gasteiger partial charge in [0.15, 0.2) is 0 Å². The number of amides is 1. The van der Waals surface area contributed by atoms with Crippen LogP contribution in [0, 0.1) is 0 Å². The molecule has 2 N–H and O–H groups in total. The molecule has 0 aromatic heterocycles. The van der Waals surface area contributed by atoms with Crippen LogP contribution in [0.1, 0.15) is 56.6 Å². The van der Waals surface area contributed by atoms with Gasteiger partial charge in [-0.05, 0) is 42.4 Å². The highest BCUT2D eigenvalue weighted by molar-refractivity contribution is 6.01. The summed E-state index contributed by atoms with van der Waals surface area (Å²) < 4.78 is 0. The predicted molar refractivity (Wildman–Crippen MR) is 79.6 cm³/mol. The highest BCUT2D eigenvalue weighted by Gasteiger charge is 2.21. The van der Waals surface area contributed by atoms with Gasteiger partial charge in [-0.25, -0.2) is 0 Å². The van der Waals surface area contributed by atoms with E-state index in [-0.39, 0.29) is 5.91 Å². The van der Waals surface area contributed by atoms with E-state index in [0.717, 1.165) is 31.3 Å². The maximum atomic E-state index is 11.6. The summed E-state index contributed by atoms with van der Waals surface area (Å²) in [6, 6.07) is 8.42. The van der Waals surface area contributed by atoms with Crippen molar-refractivity contribution in [1.29, 1.82) is 0 Å². The molecule has 0 atom stereocenters.